The van der Waals surface area contributed by atoms with E-state index in [2.05, 4.69) is 18.7 Å². The Kier molecular flexibility index (Phi) is 4.94. The van der Waals surface area contributed by atoms with Gasteiger partial charge in [-0.1, -0.05) is 13.8 Å². The van der Waals surface area contributed by atoms with E-state index in [1.54, 1.807) is 0 Å². The molecule has 1 unspecified atom stereocenters. The summed E-state index contributed by atoms with van der Waals surface area (Å²) in [5, 5.41) is 8.71. The highest BCUT2D eigenvalue weighted by molar-refractivity contribution is 7.91. The zero-order chi connectivity index (χ0) is 13.1. The molecule has 0 amide bonds. The molecule has 0 aromatic carbocycles. The zero-order valence-electron chi connectivity index (χ0n) is 10.4. The van der Waals surface area contributed by atoms with Crippen LogP contribution < -0.4 is 0 Å². The van der Waals surface area contributed by atoms with Gasteiger partial charge in [-0.2, -0.15) is 0 Å². The largest absolute Gasteiger partial charge is 0.481 e. The van der Waals surface area contributed by atoms with Gasteiger partial charge in [0.1, 0.15) is 0 Å². The van der Waals surface area contributed by atoms with Gasteiger partial charge in [-0.3, -0.25) is 9.69 Å². The van der Waals surface area contributed by atoms with Gasteiger partial charge in [0.05, 0.1) is 11.5 Å². The standard InChI is InChI=1S/C11H21NO4S/c1-9(2)10(3-4-11(13)14)12-5-7-17(15,16)8-6-12/h9-10H,3-8H2,1-2H3,(H,13,14). The van der Waals surface area contributed by atoms with Gasteiger partial charge >= 0.3 is 5.97 Å². The summed E-state index contributed by atoms with van der Waals surface area (Å²) in [7, 11) is -2.86. The quantitative estimate of drug-likeness (QED) is 0.786. The third-order valence-electron chi connectivity index (χ3n) is 3.27. The van der Waals surface area contributed by atoms with E-state index in [1.807, 2.05) is 0 Å². The van der Waals surface area contributed by atoms with Crippen LogP contribution in [0, 0.1) is 5.92 Å². The maximum Gasteiger partial charge on any atom is 0.303 e. The summed E-state index contributed by atoms with van der Waals surface area (Å²) in [6, 6.07) is 0.168. The molecule has 0 bridgehead atoms. The Morgan fingerprint density at radius 1 is 1.29 bits per heavy atom. The van der Waals surface area contributed by atoms with Gasteiger partial charge in [0.2, 0.25) is 0 Å². The molecule has 1 rings (SSSR count). The summed E-state index contributed by atoms with van der Waals surface area (Å²) in [4.78, 5) is 12.7. The van der Waals surface area contributed by atoms with Crippen molar-refractivity contribution in [2.45, 2.75) is 32.7 Å². The first-order valence-electron chi connectivity index (χ1n) is 5.98. The normalized spacial score (nSPS) is 22.5. The Balaban J connectivity index is 2.57. The molecule has 0 spiro atoms. The van der Waals surface area contributed by atoms with Crippen molar-refractivity contribution < 1.29 is 18.3 Å². The predicted molar refractivity (Wildman–Crippen MR) is 65.7 cm³/mol. The molecule has 5 nitrogen and oxygen atoms in total. The molecule has 1 saturated heterocycles. The topological polar surface area (TPSA) is 74.7 Å². The molecule has 1 aliphatic rings. The number of aliphatic carboxylic acids is 1. The van der Waals surface area contributed by atoms with Crippen LogP contribution in [0.3, 0.4) is 0 Å². The van der Waals surface area contributed by atoms with Gasteiger partial charge in [0, 0.05) is 25.6 Å². The van der Waals surface area contributed by atoms with Crippen LogP contribution in [0.1, 0.15) is 26.7 Å². The van der Waals surface area contributed by atoms with Crippen molar-refractivity contribution in [1.29, 1.82) is 0 Å². The van der Waals surface area contributed by atoms with Crippen LogP contribution in [-0.4, -0.2) is 55.0 Å². The molecule has 17 heavy (non-hydrogen) atoms. The fourth-order valence-corrected chi connectivity index (χ4v) is 3.50. The van der Waals surface area contributed by atoms with Crippen LogP contribution in [0.25, 0.3) is 0 Å². The van der Waals surface area contributed by atoms with E-state index in [1.165, 1.54) is 0 Å². The van der Waals surface area contributed by atoms with Crippen molar-refractivity contribution in [3.63, 3.8) is 0 Å². The average molecular weight is 263 g/mol. The first-order valence-corrected chi connectivity index (χ1v) is 7.80. The number of carbonyl (C=O) groups is 1. The summed E-state index contributed by atoms with van der Waals surface area (Å²) in [6.07, 6.45) is 0.735. The molecule has 0 saturated carbocycles. The molecule has 1 atom stereocenters. The van der Waals surface area contributed by atoms with Crippen molar-refractivity contribution in [3.8, 4) is 0 Å². The third kappa shape index (κ3) is 4.63. The first-order chi connectivity index (χ1) is 7.82. The number of nitrogens with zero attached hydrogens (tertiary/aromatic N) is 1. The lowest BCUT2D eigenvalue weighted by atomic mass is 9.97. The summed E-state index contributed by atoms with van der Waals surface area (Å²) >= 11 is 0. The number of sulfone groups is 1. The van der Waals surface area contributed by atoms with Crippen molar-refractivity contribution in [2.75, 3.05) is 24.6 Å². The van der Waals surface area contributed by atoms with Gasteiger partial charge in [-0.25, -0.2) is 8.42 Å². The molecular weight excluding hydrogens is 242 g/mol. The lowest BCUT2D eigenvalue weighted by Crippen LogP contribution is -2.48. The van der Waals surface area contributed by atoms with Crippen molar-refractivity contribution in [1.82, 2.24) is 4.90 Å². The molecule has 0 aromatic heterocycles. The second-order valence-corrected chi connectivity index (χ2v) is 7.24. The summed E-state index contributed by atoms with van der Waals surface area (Å²) in [5.41, 5.74) is 0. The Hall–Kier alpha value is -0.620. The summed E-state index contributed by atoms with van der Waals surface area (Å²) < 4.78 is 22.7. The van der Waals surface area contributed by atoms with Crippen LogP contribution >= 0.6 is 0 Å². The minimum absolute atomic E-state index is 0.145. The Labute approximate surface area is 103 Å². The molecule has 100 valence electrons. The number of carboxylic acids is 1. The highest BCUT2D eigenvalue weighted by Crippen LogP contribution is 2.19. The number of hydrogen-bond acceptors (Lipinski definition) is 4. The smallest absolute Gasteiger partial charge is 0.303 e. The van der Waals surface area contributed by atoms with E-state index < -0.39 is 15.8 Å². The lowest BCUT2D eigenvalue weighted by Gasteiger charge is -2.36. The van der Waals surface area contributed by atoms with E-state index in [0.29, 0.717) is 25.4 Å². The van der Waals surface area contributed by atoms with Gasteiger partial charge in [-0.15, -0.1) is 0 Å². The molecule has 0 aliphatic carbocycles. The van der Waals surface area contributed by atoms with E-state index >= 15 is 0 Å². The molecular formula is C11H21NO4S. The zero-order valence-corrected chi connectivity index (χ0v) is 11.2. The van der Waals surface area contributed by atoms with Crippen molar-refractivity contribution >= 4 is 15.8 Å². The number of carboxylic acid groups (broad SMARTS) is 1. The Morgan fingerprint density at radius 3 is 2.24 bits per heavy atom. The van der Waals surface area contributed by atoms with Gasteiger partial charge in [0.25, 0.3) is 0 Å². The molecule has 0 radical (unpaired) electrons. The molecule has 1 N–H and O–H groups in total. The van der Waals surface area contributed by atoms with Gasteiger partial charge < -0.3 is 5.11 Å². The van der Waals surface area contributed by atoms with Crippen LogP contribution in [0.4, 0.5) is 0 Å². The Bertz CT molecular complexity index is 350. The lowest BCUT2D eigenvalue weighted by molar-refractivity contribution is -0.137. The van der Waals surface area contributed by atoms with E-state index in [0.717, 1.165) is 0 Å². The number of rotatable bonds is 5. The van der Waals surface area contributed by atoms with Gasteiger partial charge in [-0.05, 0) is 12.3 Å². The summed E-state index contributed by atoms with van der Waals surface area (Å²) in [5.74, 6) is -0.0533. The highest BCUT2D eigenvalue weighted by Gasteiger charge is 2.28. The number of hydrogen-bond donors (Lipinski definition) is 1. The van der Waals surface area contributed by atoms with Crippen molar-refractivity contribution in [2.24, 2.45) is 5.92 Å². The van der Waals surface area contributed by atoms with Crippen LogP contribution in [0.2, 0.25) is 0 Å². The SMILES string of the molecule is CC(C)C(CCC(=O)O)N1CCS(=O)(=O)CC1. The Morgan fingerprint density at radius 2 is 1.82 bits per heavy atom. The molecule has 0 aromatic rings. The van der Waals surface area contributed by atoms with Crippen molar-refractivity contribution in [3.05, 3.63) is 0 Å². The van der Waals surface area contributed by atoms with E-state index in [9.17, 15) is 13.2 Å². The van der Waals surface area contributed by atoms with Crippen LogP contribution in [0.5, 0.6) is 0 Å². The monoisotopic (exact) mass is 263 g/mol. The van der Waals surface area contributed by atoms with E-state index in [4.69, 9.17) is 5.11 Å². The molecule has 1 fully saturated rings. The first kappa shape index (κ1) is 14.4. The van der Waals surface area contributed by atoms with Crippen LogP contribution in [0.15, 0.2) is 0 Å². The highest BCUT2D eigenvalue weighted by atomic mass is 32.2. The maximum atomic E-state index is 11.3. The van der Waals surface area contributed by atoms with Crippen LogP contribution in [-0.2, 0) is 14.6 Å². The molecule has 1 heterocycles. The second kappa shape index (κ2) is 5.82. The van der Waals surface area contributed by atoms with Gasteiger partial charge in [0.15, 0.2) is 9.84 Å². The fraction of sp³-hybridized carbons (Fsp3) is 0.909. The van der Waals surface area contributed by atoms with E-state index in [-0.39, 0.29) is 24.0 Å². The maximum absolute atomic E-state index is 11.3. The average Bonchev–Trinajstić information content (AvgIpc) is 2.19. The fourth-order valence-electron chi connectivity index (χ4n) is 2.27. The second-order valence-electron chi connectivity index (χ2n) is 4.93. The summed E-state index contributed by atoms with van der Waals surface area (Å²) in [6.45, 7) is 5.17. The third-order valence-corrected chi connectivity index (χ3v) is 4.88. The predicted octanol–water partition coefficient (Wildman–Crippen LogP) is 0.606. The minimum Gasteiger partial charge on any atom is -0.481 e. The molecule has 1 aliphatic heterocycles. The minimum atomic E-state index is -2.86. The molecule has 6 heteroatoms.